The molecule has 6 rings (SSSR count). The van der Waals surface area contributed by atoms with E-state index < -0.39 is 0 Å². The Balaban J connectivity index is 1.31. The molecule has 5 heterocycles. The van der Waals surface area contributed by atoms with Gasteiger partial charge in [-0.2, -0.15) is 0 Å². The maximum absolute atomic E-state index is 13.8. The average molecular weight is 527 g/mol. The van der Waals surface area contributed by atoms with E-state index in [1.807, 2.05) is 17.0 Å². The molecule has 1 N–H and O–H groups in total. The minimum absolute atomic E-state index is 0.111. The molecule has 9 nitrogen and oxygen atoms in total. The highest BCUT2D eigenvalue weighted by Gasteiger charge is 2.26. The molecule has 0 atom stereocenters. The van der Waals surface area contributed by atoms with Crippen LogP contribution in [-0.4, -0.2) is 75.6 Å². The van der Waals surface area contributed by atoms with Crippen molar-refractivity contribution in [2.24, 2.45) is 5.92 Å². The summed E-state index contributed by atoms with van der Waals surface area (Å²) in [5, 5.41) is 9.45. The standard InChI is InChI=1S/C30H34N6O3/c31-27-24(29(37)34-12-9-23(10-13-34)20-22-6-2-1-3-7-22)21-25-28(32-26-8-4-5-11-35(26)30(25)38)36(27)15-14-33-16-18-39-19-17-33/h1-8,11,21,23,31H,9-10,12-20H2. The molecule has 0 bridgehead atoms. The lowest BCUT2D eigenvalue weighted by Crippen LogP contribution is -2.43. The van der Waals surface area contributed by atoms with Crippen molar-refractivity contribution in [3.8, 4) is 0 Å². The quantitative estimate of drug-likeness (QED) is 0.390. The van der Waals surface area contributed by atoms with E-state index in [0.717, 1.165) is 32.4 Å². The molecule has 39 heavy (non-hydrogen) atoms. The Labute approximate surface area is 226 Å². The number of ether oxygens (including phenoxy) is 1. The minimum atomic E-state index is -0.230. The molecular formula is C30H34N6O3. The smallest absolute Gasteiger partial charge is 0.267 e. The van der Waals surface area contributed by atoms with Crippen LogP contribution in [0, 0.1) is 11.3 Å². The highest BCUT2D eigenvalue weighted by atomic mass is 16.5. The van der Waals surface area contributed by atoms with Gasteiger partial charge in [0.15, 0.2) is 0 Å². The van der Waals surface area contributed by atoms with Gasteiger partial charge in [0.2, 0.25) is 0 Å². The molecule has 9 heteroatoms. The third-order valence-electron chi connectivity index (χ3n) is 8.06. The Morgan fingerprint density at radius 3 is 2.49 bits per heavy atom. The van der Waals surface area contributed by atoms with Gasteiger partial charge in [-0.1, -0.05) is 36.4 Å². The molecule has 1 aromatic carbocycles. The minimum Gasteiger partial charge on any atom is -0.379 e. The second kappa shape index (κ2) is 11.1. The summed E-state index contributed by atoms with van der Waals surface area (Å²) in [5.74, 6) is 0.347. The molecule has 2 aliphatic rings. The summed E-state index contributed by atoms with van der Waals surface area (Å²) < 4.78 is 8.72. The molecule has 0 saturated carbocycles. The first-order valence-corrected chi connectivity index (χ1v) is 13.8. The topological polar surface area (TPSA) is 95.9 Å². The predicted octanol–water partition coefficient (Wildman–Crippen LogP) is 2.56. The van der Waals surface area contributed by atoms with Crippen molar-refractivity contribution in [2.75, 3.05) is 45.9 Å². The number of carbonyl (C=O) groups is 1. The van der Waals surface area contributed by atoms with Crippen molar-refractivity contribution in [3.63, 3.8) is 0 Å². The number of amides is 1. The van der Waals surface area contributed by atoms with Gasteiger partial charge in [-0.25, -0.2) is 4.98 Å². The number of aromatic nitrogens is 3. The summed E-state index contributed by atoms with van der Waals surface area (Å²) in [6.45, 7) is 5.46. The van der Waals surface area contributed by atoms with Crippen molar-refractivity contribution >= 4 is 22.6 Å². The van der Waals surface area contributed by atoms with Gasteiger partial charge in [-0.3, -0.25) is 24.3 Å². The predicted molar refractivity (Wildman–Crippen MR) is 149 cm³/mol. The molecule has 3 aromatic heterocycles. The summed E-state index contributed by atoms with van der Waals surface area (Å²) in [6.07, 6.45) is 4.55. The van der Waals surface area contributed by atoms with Crippen molar-refractivity contribution < 1.29 is 9.53 Å². The number of pyridine rings is 2. The Kier molecular flexibility index (Phi) is 7.26. The van der Waals surface area contributed by atoms with Gasteiger partial charge in [-0.05, 0) is 48.9 Å². The molecule has 2 aliphatic heterocycles. The zero-order valence-corrected chi connectivity index (χ0v) is 22.1. The number of likely N-dealkylation sites (tertiary alicyclic amines) is 1. The largest absolute Gasteiger partial charge is 0.379 e. The van der Waals surface area contributed by atoms with Crippen LogP contribution in [0.2, 0.25) is 0 Å². The van der Waals surface area contributed by atoms with Crippen LogP contribution in [0.5, 0.6) is 0 Å². The number of nitrogens with zero attached hydrogens (tertiary/aromatic N) is 5. The fraction of sp³-hybridized carbons (Fsp3) is 0.400. The first kappa shape index (κ1) is 25.5. The van der Waals surface area contributed by atoms with Crippen molar-refractivity contribution in [1.82, 2.24) is 23.8 Å². The van der Waals surface area contributed by atoms with Crippen LogP contribution >= 0.6 is 0 Å². The van der Waals surface area contributed by atoms with E-state index in [1.165, 1.54) is 9.96 Å². The molecule has 2 saturated heterocycles. The van der Waals surface area contributed by atoms with E-state index >= 15 is 0 Å². The Morgan fingerprint density at radius 2 is 1.72 bits per heavy atom. The maximum atomic E-state index is 13.8. The van der Waals surface area contributed by atoms with Crippen LogP contribution in [-0.2, 0) is 17.7 Å². The van der Waals surface area contributed by atoms with E-state index in [1.54, 1.807) is 29.0 Å². The number of benzene rings is 1. The second-order valence-corrected chi connectivity index (χ2v) is 10.5. The highest BCUT2D eigenvalue weighted by molar-refractivity contribution is 5.97. The lowest BCUT2D eigenvalue weighted by molar-refractivity contribution is 0.0363. The van der Waals surface area contributed by atoms with Crippen LogP contribution in [0.1, 0.15) is 28.8 Å². The molecule has 202 valence electrons. The normalized spacial score (nSPS) is 17.2. The van der Waals surface area contributed by atoms with Gasteiger partial charge in [0.25, 0.3) is 11.5 Å². The van der Waals surface area contributed by atoms with Gasteiger partial charge in [0, 0.05) is 45.5 Å². The monoisotopic (exact) mass is 526 g/mol. The lowest BCUT2D eigenvalue weighted by atomic mass is 9.90. The summed E-state index contributed by atoms with van der Waals surface area (Å²) in [5.41, 5.74) is 2.44. The Hall–Kier alpha value is -3.82. The zero-order valence-electron chi connectivity index (χ0n) is 22.1. The second-order valence-electron chi connectivity index (χ2n) is 10.5. The van der Waals surface area contributed by atoms with E-state index in [4.69, 9.17) is 15.1 Å². The Bertz CT molecular complexity index is 1600. The van der Waals surface area contributed by atoms with Crippen LogP contribution in [0.25, 0.3) is 16.7 Å². The molecule has 0 aliphatic carbocycles. The number of morpholine rings is 1. The van der Waals surface area contributed by atoms with Crippen LogP contribution in [0.4, 0.5) is 0 Å². The van der Waals surface area contributed by atoms with E-state index in [-0.39, 0.29) is 22.5 Å². The van der Waals surface area contributed by atoms with Gasteiger partial charge < -0.3 is 14.2 Å². The van der Waals surface area contributed by atoms with E-state index in [2.05, 4.69) is 29.2 Å². The van der Waals surface area contributed by atoms with Gasteiger partial charge >= 0.3 is 0 Å². The summed E-state index contributed by atoms with van der Waals surface area (Å²) in [7, 11) is 0. The van der Waals surface area contributed by atoms with E-state index in [9.17, 15) is 9.59 Å². The highest BCUT2D eigenvalue weighted by Crippen LogP contribution is 2.23. The first-order chi connectivity index (χ1) is 19.1. The van der Waals surface area contributed by atoms with Gasteiger partial charge in [0.05, 0.1) is 24.2 Å². The van der Waals surface area contributed by atoms with Gasteiger partial charge in [-0.15, -0.1) is 0 Å². The fourth-order valence-electron chi connectivity index (χ4n) is 5.79. The molecule has 0 spiro atoms. The molecule has 0 radical (unpaired) electrons. The maximum Gasteiger partial charge on any atom is 0.267 e. The molecule has 0 unspecified atom stereocenters. The molecular weight excluding hydrogens is 492 g/mol. The third-order valence-corrected chi connectivity index (χ3v) is 8.06. The number of carbonyl (C=O) groups excluding carboxylic acids is 1. The van der Waals surface area contributed by atoms with E-state index in [0.29, 0.717) is 62.0 Å². The third kappa shape index (κ3) is 5.24. The molecule has 2 fully saturated rings. The number of fused-ring (bicyclic) bond motifs is 2. The zero-order chi connectivity index (χ0) is 26.8. The average Bonchev–Trinajstić information content (AvgIpc) is 2.98. The van der Waals surface area contributed by atoms with Crippen molar-refractivity contribution in [3.05, 3.63) is 87.8 Å². The van der Waals surface area contributed by atoms with Crippen molar-refractivity contribution in [2.45, 2.75) is 25.8 Å². The van der Waals surface area contributed by atoms with Crippen LogP contribution < -0.4 is 11.0 Å². The number of rotatable bonds is 6. The van der Waals surface area contributed by atoms with Gasteiger partial charge in [0.1, 0.15) is 16.8 Å². The Morgan fingerprint density at radius 1 is 0.974 bits per heavy atom. The molecule has 1 amide bonds. The SMILES string of the molecule is N=c1c(C(=O)N2CCC(Cc3ccccc3)CC2)cc2c(=O)n3ccccc3nc2n1CCN1CCOCC1. The van der Waals surface area contributed by atoms with Crippen LogP contribution in [0.15, 0.2) is 65.6 Å². The first-order valence-electron chi connectivity index (χ1n) is 13.8. The number of nitrogens with one attached hydrogen (secondary N) is 1. The van der Waals surface area contributed by atoms with Crippen LogP contribution in [0.3, 0.4) is 0 Å². The summed E-state index contributed by atoms with van der Waals surface area (Å²) in [6, 6.07) is 17.5. The number of piperidine rings is 1. The summed E-state index contributed by atoms with van der Waals surface area (Å²) in [4.78, 5) is 36.2. The fourth-order valence-corrected chi connectivity index (χ4v) is 5.79. The number of hydrogen-bond donors (Lipinski definition) is 1. The molecule has 4 aromatic rings. The lowest BCUT2D eigenvalue weighted by Gasteiger charge is -2.32. The number of hydrogen-bond acceptors (Lipinski definition) is 6. The van der Waals surface area contributed by atoms with Crippen molar-refractivity contribution in [1.29, 1.82) is 5.41 Å². The summed E-state index contributed by atoms with van der Waals surface area (Å²) >= 11 is 0.